The maximum absolute atomic E-state index is 12.7. The van der Waals surface area contributed by atoms with Crippen molar-refractivity contribution in [2.75, 3.05) is 26.7 Å². The number of nitrogens with zero attached hydrogens (tertiary/aromatic N) is 2. The van der Waals surface area contributed by atoms with Gasteiger partial charge in [-0.15, -0.1) is 0 Å². The van der Waals surface area contributed by atoms with Gasteiger partial charge in [-0.25, -0.2) is 4.98 Å². The molecule has 1 aromatic carbocycles. The van der Waals surface area contributed by atoms with Crippen LogP contribution in [0.1, 0.15) is 46.3 Å². The van der Waals surface area contributed by atoms with Crippen molar-refractivity contribution in [2.45, 2.75) is 26.2 Å². The number of methoxy groups -OCH3 is 1. The van der Waals surface area contributed by atoms with Crippen LogP contribution in [0.4, 0.5) is 0 Å². The first-order chi connectivity index (χ1) is 13.6. The summed E-state index contributed by atoms with van der Waals surface area (Å²) in [7, 11) is 1.63. The van der Waals surface area contributed by atoms with Gasteiger partial charge in [0, 0.05) is 19.6 Å². The number of carbonyl (C=O) groups excluding carboxylic acids is 2. The zero-order chi connectivity index (χ0) is 19.9. The highest BCUT2D eigenvalue weighted by Crippen LogP contribution is 2.18. The van der Waals surface area contributed by atoms with E-state index in [1.165, 1.54) is 0 Å². The van der Waals surface area contributed by atoms with E-state index < -0.39 is 0 Å². The maximum Gasteiger partial charge on any atom is 0.272 e. The summed E-state index contributed by atoms with van der Waals surface area (Å²) in [5.74, 6) is 1.07. The second kappa shape index (κ2) is 9.35. The Kier molecular flexibility index (Phi) is 6.63. The Bertz CT molecular complexity index is 829. The molecule has 1 aliphatic rings. The summed E-state index contributed by atoms with van der Waals surface area (Å²) in [6.45, 7) is 4.18. The van der Waals surface area contributed by atoms with Crippen molar-refractivity contribution in [1.82, 2.24) is 15.2 Å². The summed E-state index contributed by atoms with van der Waals surface area (Å²) in [6.07, 6.45) is 2.71. The van der Waals surface area contributed by atoms with E-state index in [1.807, 2.05) is 29.2 Å². The van der Waals surface area contributed by atoms with Crippen molar-refractivity contribution in [3.05, 3.63) is 59.4 Å². The molecule has 1 aliphatic heterocycles. The van der Waals surface area contributed by atoms with Crippen molar-refractivity contribution in [1.29, 1.82) is 0 Å². The minimum atomic E-state index is -0.273. The first-order valence-corrected chi connectivity index (χ1v) is 9.74. The molecule has 1 aromatic heterocycles. The van der Waals surface area contributed by atoms with E-state index in [0.717, 1.165) is 37.2 Å². The van der Waals surface area contributed by atoms with Gasteiger partial charge in [0.1, 0.15) is 17.1 Å². The van der Waals surface area contributed by atoms with Gasteiger partial charge in [-0.2, -0.15) is 0 Å². The lowest BCUT2D eigenvalue weighted by atomic mass is 9.99. The van der Waals surface area contributed by atoms with Crippen LogP contribution < -0.4 is 10.1 Å². The van der Waals surface area contributed by atoms with Gasteiger partial charge in [0.25, 0.3) is 11.8 Å². The minimum absolute atomic E-state index is 0.0991. The third-order valence-electron chi connectivity index (χ3n) is 5.11. The number of pyridine rings is 1. The highest BCUT2D eigenvalue weighted by molar-refractivity contribution is 5.96. The number of carbonyl (C=O) groups is 2. The second-order valence-electron chi connectivity index (χ2n) is 7.24. The first-order valence-electron chi connectivity index (χ1n) is 9.74. The summed E-state index contributed by atoms with van der Waals surface area (Å²) < 4.78 is 5.21. The van der Waals surface area contributed by atoms with Gasteiger partial charge < -0.3 is 15.0 Å². The van der Waals surface area contributed by atoms with Crippen LogP contribution in [0.25, 0.3) is 0 Å². The molecule has 1 saturated heterocycles. The van der Waals surface area contributed by atoms with Gasteiger partial charge in [-0.05, 0) is 55.0 Å². The quantitative estimate of drug-likeness (QED) is 0.835. The van der Waals surface area contributed by atoms with Gasteiger partial charge in [0.2, 0.25) is 0 Å². The van der Waals surface area contributed by atoms with E-state index in [9.17, 15) is 9.59 Å². The maximum atomic E-state index is 12.7. The van der Waals surface area contributed by atoms with E-state index in [-0.39, 0.29) is 17.5 Å². The Morgan fingerprint density at radius 2 is 1.86 bits per heavy atom. The largest absolute Gasteiger partial charge is 0.497 e. The fourth-order valence-electron chi connectivity index (χ4n) is 3.29. The standard InChI is InChI=1S/C22H27N3O3/c1-16-10-13-25(14-11-16)22(27)20-8-4-7-19(24-20)21(26)23-12-9-17-5-3-6-18(15-17)28-2/h3-8,15-16H,9-14H2,1-2H3,(H,23,26). The molecular weight excluding hydrogens is 354 g/mol. The highest BCUT2D eigenvalue weighted by Gasteiger charge is 2.23. The van der Waals surface area contributed by atoms with Crippen LogP contribution in [-0.4, -0.2) is 48.4 Å². The molecular formula is C22H27N3O3. The summed E-state index contributed by atoms with van der Waals surface area (Å²) in [6, 6.07) is 12.8. The SMILES string of the molecule is COc1cccc(CCNC(=O)c2cccc(C(=O)N3CCC(C)CC3)n2)c1. The number of rotatable bonds is 6. The second-order valence-corrected chi connectivity index (χ2v) is 7.24. The molecule has 6 nitrogen and oxygen atoms in total. The lowest BCUT2D eigenvalue weighted by Crippen LogP contribution is -2.38. The van der Waals surface area contributed by atoms with Crippen LogP contribution in [0.2, 0.25) is 0 Å². The third kappa shape index (κ3) is 5.09. The van der Waals surface area contributed by atoms with Crippen LogP contribution in [0.3, 0.4) is 0 Å². The van der Waals surface area contributed by atoms with Gasteiger partial charge in [0.05, 0.1) is 7.11 Å². The molecule has 2 heterocycles. The molecule has 0 unspecified atom stereocenters. The molecule has 0 spiro atoms. The zero-order valence-electron chi connectivity index (χ0n) is 16.5. The summed E-state index contributed by atoms with van der Waals surface area (Å²) in [4.78, 5) is 31.2. The number of ether oxygens (including phenoxy) is 1. The molecule has 3 rings (SSSR count). The number of hydrogen-bond donors (Lipinski definition) is 1. The molecule has 148 valence electrons. The van der Waals surface area contributed by atoms with Crippen LogP contribution in [0.15, 0.2) is 42.5 Å². The predicted octanol–water partition coefficient (Wildman–Crippen LogP) is 2.93. The van der Waals surface area contributed by atoms with E-state index in [2.05, 4.69) is 17.2 Å². The van der Waals surface area contributed by atoms with Crippen molar-refractivity contribution >= 4 is 11.8 Å². The highest BCUT2D eigenvalue weighted by atomic mass is 16.5. The van der Waals surface area contributed by atoms with Gasteiger partial charge >= 0.3 is 0 Å². The lowest BCUT2D eigenvalue weighted by molar-refractivity contribution is 0.0691. The zero-order valence-corrected chi connectivity index (χ0v) is 16.5. The van der Waals surface area contributed by atoms with Crippen molar-refractivity contribution in [3.63, 3.8) is 0 Å². The number of piperidine rings is 1. The number of nitrogens with one attached hydrogen (secondary N) is 1. The summed E-state index contributed by atoms with van der Waals surface area (Å²) in [5.41, 5.74) is 1.67. The predicted molar refractivity (Wildman–Crippen MR) is 108 cm³/mol. The van der Waals surface area contributed by atoms with Crippen LogP contribution in [-0.2, 0) is 6.42 Å². The number of likely N-dealkylation sites (tertiary alicyclic amines) is 1. The number of aromatic nitrogens is 1. The Balaban J connectivity index is 1.56. The first kappa shape index (κ1) is 19.9. The Hall–Kier alpha value is -2.89. The fourth-order valence-corrected chi connectivity index (χ4v) is 3.29. The van der Waals surface area contributed by atoms with Crippen molar-refractivity contribution < 1.29 is 14.3 Å². The van der Waals surface area contributed by atoms with Gasteiger partial charge in [0.15, 0.2) is 0 Å². The Morgan fingerprint density at radius 3 is 2.61 bits per heavy atom. The minimum Gasteiger partial charge on any atom is -0.497 e. The van der Waals surface area contributed by atoms with E-state index in [0.29, 0.717) is 24.6 Å². The molecule has 2 aromatic rings. The Labute approximate surface area is 165 Å². The van der Waals surface area contributed by atoms with Gasteiger partial charge in [-0.1, -0.05) is 25.1 Å². The normalized spacial score (nSPS) is 14.6. The monoisotopic (exact) mass is 381 g/mol. The average molecular weight is 381 g/mol. The van der Waals surface area contributed by atoms with E-state index in [1.54, 1.807) is 25.3 Å². The number of amides is 2. The molecule has 0 atom stereocenters. The molecule has 1 N–H and O–H groups in total. The van der Waals surface area contributed by atoms with E-state index >= 15 is 0 Å². The van der Waals surface area contributed by atoms with E-state index in [4.69, 9.17) is 4.74 Å². The summed E-state index contributed by atoms with van der Waals surface area (Å²) >= 11 is 0. The van der Waals surface area contributed by atoms with Crippen molar-refractivity contribution in [2.24, 2.45) is 5.92 Å². The lowest BCUT2D eigenvalue weighted by Gasteiger charge is -2.30. The molecule has 28 heavy (non-hydrogen) atoms. The topological polar surface area (TPSA) is 71.5 Å². The smallest absolute Gasteiger partial charge is 0.272 e. The Morgan fingerprint density at radius 1 is 1.14 bits per heavy atom. The number of benzene rings is 1. The molecule has 0 aliphatic carbocycles. The third-order valence-corrected chi connectivity index (χ3v) is 5.11. The molecule has 2 amide bonds. The molecule has 6 heteroatoms. The average Bonchev–Trinajstić information content (AvgIpc) is 2.74. The fraction of sp³-hybridized carbons (Fsp3) is 0.409. The molecule has 0 saturated carbocycles. The van der Waals surface area contributed by atoms with Crippen LogP contribution >= 0.6 is 0 Å². The molecule has 1 fully saturated rings. The van der Waals surface area contributed by atoms with Gasteiger partial charge in [-0.3, -0.25) is 9.59 Å². The van der Waals surface area contributed by atoms with Crippen LogP contribution in [0.5, 0.6) is 5.75 Å². The van der Waals surface area contributed by atoms with Crippen molar-refractivity contribution in [3.8, 4) is 5.75 Å². The molecule has 0 radical (unpaired) electrons. The summed E-state index contributed by atoms with van der Waals surface area (Å²) in [5, 5.41) is 2.87. The van der Waals surface area contributed by atoms with Crippen LogP contribution in [0, 0.1) is 5.92 Å². The molecule has 0 bridgehead atoms. The number of hydrogen-bond acceptors (Lipinski definition) is 4.